The predicted octanol–water partition coefficient (Wildman–Crippen LogP) is 0.0527. The maximum Gasteiger partial charge on any atom is 0.405 e. The maximum atomic E-state index is 11.9. The molecule has 0 bridgehead atoms. The number of amides is 2. The third kappa shape index (κ3) is 4.61. The molecule has 2 fully saturated rings. The van der Waals surface area contributed by atoms with Crippen LogP contribution in [0.3, 0.4) is 0 Å². The third-order valence-corrected chi connectivity index (χ3v) is 4.08. The number of nitrogens with one attached hydrogen (secondary N) is 1. The summed E-state index contributed by atoms with van der Waals surface area (Å²) < 4.78 is 0. The average Bonchev–Trinajstić information content (AvgIpc) is 3.11. The van der Waals surface area contributed by atoms with E-state index in [1.807, 2.05) is 0 Å². The van der Waals surface area contributed by atoms with Crippen molar-refractivity contribution in [1.82, 2.24) is 15.1 Å². The van der Waals surface area contributed by atoms with E-state index in [0.29, 0.717) is 32.4 Å². The molecule has 0 radical (unpaired) electrons. The molecule has 7 heteroatoms. The highest BCUT2D eigenvalue weighted by Crippen LogP contribution is 2.13. The molecule has 2 atom stereocenters. The standard InChI is InChI=1S/C15H23N3O4/c19-13(17-8-4-5-9-17)6-2-1-3-10-18-11-7-12(14(18)20)16-15(21)22/h12-13,16,19H,2,4-11H2,(H,21,22). The summed E-state index contributed by atoms with van der Waals surface area (Å²) in [4.78, 5) is 26.0. The monoisotopic (exact) mass is 309 g/mol. The molecule has 0 aliphatic carbocycles. The zero-order valence-corrected chi connectivity index (χ0v) is 12.6. The molecule has 0 aromatic carbocycles. The zero-order chi connectivity index (χ0) is 15.9. The van der Waals surface area contributed by atoms with Crippen molar-refractivity contribution >= 4 is 12.0 Å². The number of hydrogen-bond donors (Lipinski definition) is 3. The fourth-order valence-electron chi connectivity index (χ4n) is 2.84. The number of rotatable bonds is 5. The Morgan fingerprint density at radius 2 is 2.05 bits per heavy atom. The highest BCUT2D eigenvalue weighted by atomic mass is 16.4. The molecule has 22 heavy (non-hydrogen) atoms. The summed E-state index contributed by atoms with van der Waals surface area (Å²) in [5.41, 5.74) is 0. The van der Waals surface area contributed by atoms with Crippen molar-refractivity contribution < 1.29 is 19.8 Å². The number of carboxylic acid groups (broad SMARTS) is 1. The molecule has 2 aliphatic heterocycles. The lowest BCUT2D eigenvalue weighted by molar-refractivity contribution is -0.128. The highest BCUT2D eigenvalue weighted by molar-refractivity contribution is 5.87. The number of likely N-dealkylation sites (tertiary alicyclic amines) is 2. The van der Waals surface area contributed by atoms with Crippen LogP contribution in [0.5, 0.6) is 0 Å². The van der Waals surface area contributed by atoms with Crippen LogP contribution in [0.2, 0.25) is 0 Å². The quantitative estimate of drug-likeness (QED) is 0.624. The van der Waals surface area contributed by atoms with Gasteiger partial charge < -0.3 is 20.4 Å². The van der Waals surface area contributed by atoms with Gasteiger partial charge in [0.15, 0.2) is 0 Å². The van der Waals surface area contributed by atoms with Crippen LogP contribution in [0.4, 0.5) is 4.79 Å². The summed E-state index contributed by atoms with van der Waals surface area (Å²) in [5, 5.41) is 20.8. The van der Waals surface area contributed by atoms with Crippen LogP contribution in [0.1, 0.15) is 32.1 Å². The minimum Gasteiger partial charge on any atom is -0.465 e. The summed E-state index contributed by atoms with van der Waals surface area (Å²) in [6.07, 6.45) is 2.38. The van der Waals surface area contributed by atoms with Gasteiger partial charge in [0.05, 0.1) is 6.54 Å². The third-order valence-electron chi connectivity index (χ3n) is 4.08. The fourth-order valence-corrected chi connectivity index (χ4v) is 2.84. The first-order valence-electron chi connectivity index (χ1n) is 7.74. The number of aliphatic hydroxyl groups excluding tert-OH is 1. The van der Waals surface area contributed by atoms with E-state index < -0.39 is 18.4 Å². The van der Waals surface area contributed by atoms with Crippen molar-refractivity contribution in [3.63, 3.8) is 0 Å². The molecule has 0 aromatic heterocycles. The normalized spacial score (nSPS) is 23.2. The van der Waals surface area contributed by atoms with E-state index >= 15 is 0 Å². The summed E-state index contributed by atoms with van der Waals surface area (Å²) in [6, 6.07) is -0.642. The lowest BCUT2D eigenvalue weighted by Gasteiger charge is -2.21. The van der Waals surface area contributed by atoms with Crippen LogP contribution in [-0.2, 0) is 4.79 Å². The van der Waals surface area contributed by atoms with Gasteiger partial charge in [0.2, 0.25) is 5.91 Å². The Bertz CT molecular complexity index is 465. The molecule has 2 amide bonds. The molecule has 0 aromatic rings. The molecule has 2 unspecified atom stereocenters. The van der Waals surface area contributed by atoms with E-state index in [2.05, 4.69) is 22.1 Å². The topological polar surface area (TPSA) is 93.1 Å². The Morgan fingerprint density at radius 3 is 2.73 bits per heavy atom. The van der Waals surface area contributed by atoms with Crippen molar-refractivity contribution in [1.29, 1.82) is 0 Å². The van der Waals surface area contributed by atoms with E-state index in [1.165, 1.54) is 0 Å². The molecule has 7 nitrogen and oxygen atoms in total. The van der Waals surface area contributed by atoms with E-state index in [-0.39, 0.29) is 5.91 Å². The van der Waals surface area contributed by atoms with Gasteiger partial charge >= 0.3 is 6.09 Å². The van der Waals surface area contributed by atoms with E-state index in [1.54, 1.807) is 4.90 Å². The van der Waals surface area contributed by atoms with Gasteiger partial charge in [0.1, 0.15) is 12.3 Å². The van der Waals surface area contributed by atoms with Crippen molar-refractivity contribution in [3.8, 4) is 11.8 Å². The summed E-state index contributed by atoms with van der Waals surface area (Å²) in [5.74, 6) is 5.69. The van der Waals surface area contributed by atoms with Crippen LogP contribution in [0.15, 0.2) is 0 Å². The zero-order valence-electron chi connectivity index (χ0n) is 12.6. The van der Waals surface area contributed by atoms with Crippen LogP contribution in [-0.4, -0.2) is 70.5 Å². The van der Waals surface area contributed by atoms with Crippen LogP contribution < -0.4 is 5.32 Å². The Morgan fingerprint density at radius 1 is 1.32 bits per heavy atom. The van der Waals surface area contributed by atoms with Gasteiger partial charge in [-0.2, -0.15) is 0 Å². The van der Waals surface area contributed by atoms with Gasteiger partial charge in [-0.05, 0) is 25.7 Å². The van der Waals surface area contributed by atoms with E-state index in [9.17, 15) is 14.7 Å². The molecule has 0 spiro atoms. The minimum absolute atomic E-state index is 0.214. The van der Waals surface area contributed by atoms with Crippen LogP contribution in [0, 0.1) is 11.8 Å². The van der Waals surface area contributed by atoms with Crippen molar-refractivity contribution in [2.75, 3.05) is 26.2 Å². The molecule has 122 valence electrons. The Kier molecular flexibility index (Phi) is 6.04. The van der Waals surface area contributed by atoms with Gasteiger partial charge in [0.25, 0.3) is 0 Å². The minimum atomic E-state index is -1.18. The largest absolute Gasteiger partial charge is 0.465 e. The van der Waals surface area contributed by atoms with E-state index in [0.717, 1.165) is 25.9 Å². The molecule has 3 N–H and O–H groups in total. The SMILES string of the molecule is O=C(O)NC1CCN(CC#CCCC(O)N2CCCC2)C1=O. The molecular weight excluding hydrogens is 286 g/mol. The van der Waals surface area contributed by atoms with Gasteiger partial charge in [-0.1, -0.05) is 5.92 Å². The molecule has 0 saturated carbocycles. The summed E-state index contributed by atoms with van der Waals surface area (Å²) in [6.45, 7) is 2.75. The van der Waals surface area contributed by atoms with Crippen LogP contribution >= 0.6 is 0 Å². The van der Waals surface area contributed by atoms with Gasteiger partial charge in [-0.25, -0.2) is 4.79 Å². The Hall–Kier alpha value is -1.78. The second-order valence-electron chi connectivity index (χ2n) is 5.67. The van der Waals surface area contributed by atoms with Crippen molar-refractivity contribution in [2.45, 2.75) is 44.4 Å². The van der Waals surface area contributed by atoms with Crippen LogP contribution in [0.25, 0.3) is 0 Å². The van der Waals surface area contributed by atoms with E-state index in [4.69, 9.17) is 5.11 Å². The fraction of sp³-hybridized carbons (Fsp3) is 0.733. The average molecular weight is 309 g/mol. The second-order valence-corrected chi connectivity index (χ2v) is 5.67. The summed E-state index contributed by atoms with van der Waals surface area (Å²) >= 11 is 0. The molecule has 2 aliphatic rings. The Labute approximate surface area is 130 Å². The number of aliphatic hydroxyl groups is 1. The smallest absolute Gasteiger partial charge is 0.405 e. The molecule has 2 saturated heterocycles. The number of hydrogen-bond acceptors (Lipinski definition) is 4. The predicted molar refractivity (Wildman–Crippen MR) is 80.0 cm³/mol. The van der Waals surface area contributed by atoms with Gasteiger partial charge in [-0.3, -0.25) is 9.69 Å². The molecular formula is C15H23N3O4. The lowest BCUT2D eigenvalue weighted by atomic mass is 10.2. The maximum absolute atomic E-state index is 11.9. The van der Waals surface area contributed by atoms with Gasteiger partial charge in [-0.15, -0.1) is 5.92 Å². The number of carbonyl (C=O) groups is 2. The van der Waals surface area contributed by atoms with Gasteiger partial charge in [0, 0.05) is 26.1 Å². The second kappa shape index (κ2) is 8.01. The Balaban J connectivity index is 1.66. The first-order chi connectivity index (χ1) is 10.6. The number of nitrogens with zero attached hydrogens (tertiary/aromatic N) is 2. The number of carbonyl (C=O) groups excluding carboxylic acids is 1. The highest BCUT2D eigenvalue weighted by Gasteiger charge is 2.31. The first-order valence-corrected chi connectivity index (χ1v) is 7.74. The van der Waals surface area contributed by atoms with Crippen molar-refractivity contribution in [2.24, 2.45) is 0 Å². The lowest BCUT2D eigenvalue weighted by Crippen LogP contribution is -2.40. The molecule has 2 heterocycles. The van der Waals surface area contributed by atoms with Crippen molar-refractivity contribution in [3.05, 3.63) is 0 Å². The molecule has 2 rings (SSSR count). The summed E-state index contributed by atoms with van der Waals surface area (Å²) in [7, 11) is 0. The first kappa shape index (κ1) is 16.6.